The molecule has 0 saturated carbocycles. The first-order valence-electron chi connectivity index (χ1n) is 6.23. The van der Waals surface area contributed by atoms with Gasteiger partial charge in [-0.2, -0.15) is 0 Å². The van der Waals surface area contributed by atoms with Crippen LogP contribution in [0.25, 0.3) is 0 Å². The summed E-state index contributed by atoms with van der Waals surface area (Å²) in [5.74, 6) is 0.400. The summed E-state index contributed by atoms with van der Waals surface area (Å²) in [5, 5.41) is 9.89. The van der Waals surface area contributed by atoms with E-state index in [-0.39, 0.29) is 0 Å². The number of phenolic OH excluding ortho intramolecular Hbond substituents is 1. The molecule has 0 unspecified atom stereocenters. The lowest BCUT2D eigenvalue weighted by molar-refractivity contribution is 0.119. The lowest BCUT2D eigenvalue weighted by Gasteiger charge is -2.20. The summed E-state index contributed by atoms with van der Waals surface area (Å²) in [4.78, 5) is 0. The second kappa shape index (κ2) is 5.35. The summed E-state index contributed by atoms with van der Waals surface area (Å²) >= 11 is 0. The normalized spacial score (nSPS) is 14.8. The third-order valence-corrected chi connectivity index (χ3v) is 3.22. The Morgan fingerprint density at radius 1 is 1.25 bits per heavy atom. The Balaban J connectivity index is 2.20. The third-order valence-electron chi connectivity index (χ3n) is 3.22. The molecule has 2 rings (SSSR count). The fourth-order valence-electron chi connectivity index (χ4n) is 2.37. The zero-order chi connectivity index (χ0) is 11.4. The van der Waals surface area contributed by atoms with Crippen LogP contribution in [0, 0.1) is 0 Å². The molecule has 0 atom stereocenters. The van der Waals surface area contributed by atoms with Crippen molar-refractivity contribution < 1.29 is 9.84 Å². The van der Waals surface area contributed by atoms with Crippen molar-refractivity contribution in [2.24, 2.45) is 0 Å². The van der Waals surface area contributed by atoms with Gasteiger partial charge in [0, 0.05) is 12.2 Å². The van der Waals surface area contributed by atoms with E-state index in [1.54, 1.807) is 0 Å². The van der Waals surface area contributed by atoms with Crippen LogP contribution in [0.2, 0.25) is 0 Å². The molecule has 0 saturated heterocycles. The lowest BCUT2D eigenvalue weighted by atomic mass is 9.88. The van der Waals surface area contributed by atoms with Gasteiger partial charge >= 0.3 is 0 Å². The number of hydrogen-bond donors (Lipinski definition) is 1. The van der Waals surface area contributed by atoms with Crippen LogP contribution in [0.4, 0.5) is 0 Å². The molecule has 0 spiro atoms. The Morgan fingerprint density at radius 3 is 2.88 bits per heavy atom. The number of ether oxygens (including phenoxy) is 1. The van der Waals surface area contributed by atoms with Crippen LogP contribution in [0.1, 0.15) is 42.9 Å². The minimum Gasteiger partial charge on any atom is -0.508 e. The Kier molecular flexibility index (Phi) is 3.83. The topological polar surface area (TPSA) is 29.5 Å². The number of hydrogen-bond acceptors (Lipinski definition) is 2. The maximum Gasteiger partial charge on any atom is 0.121 e. The average molecular weight is 220 g/mol. The third kappa shape index (κ3) is 2.38. The Bertz CT molecular complexity index is 358. The van der Waals surface area contributed by atoms with E-state index in [0.717, 1.165) is 31.4 Å². The molecule has 2 heteroatoms. The highest BCUT2D eigenvalue weighted by Gasteiger charge is 2.16. The van der Waals surface area contributed by atoms with Crippen LogP contribution in [0.3, 0.4) is 0 Å². The quantitative estimate of drug-likeness (QED) is 0.790. The summed E-state index contributed by atoms with van der Waals surface area (Å²) in [6.45, 7) is 3.42. The van der Waals surface area contributed by atoms with Crippen LogP contribution < -0.4 is 0 Å². The molecule has 0 radical (unpaired) electrons. The summed E-state index contributed by atoms with van der Waals surface area (Å²) in [7, 11) is 0. The minimum absolute atomic E-state index is 0.400. The van der Waals surface area contributed by atoms with E-state index >= 15 is 0 Å². The Labute approximate surface area is 97.3 Å². The summed E-state index contributed by atoms with van der Waals surface area (Å²) in [6.07, 6.45) is 5.77. The summed E-state index contributed by atoms with van der Waals surface area (Å²) < 4.78 is 5.56. The van der Waals surface area contributed by atoms with E-state index in [1.165, 1.54) is 24.0 Å². The van der Waals surface area contributed by atoms with Gasteiger partial charge in [-0.15, -0.1) is 0 Å². The van der Waals surface area contributed by atoms with Gasteiger partial charge < -0.3 is 9.84 Å². The smallest absolute Gasteiger partial charge is 0.121 e. The number of phenols is 1. The Hall–Kier alpha value is -1.02. The SMILES string of the molecule is CCCOCc1c(O)ccc2c1CCCC2. The van der Waals surface area contributed by atoms with Crippen molar-refractivity contribution in [1.29, 1.82) is 0 Å². The van der Waals surface area contributed by atoms with Crippen molar-refractivity contribution in [3.05, 3.63) is 28.8 Å². The van der Waals surface area contributed by atoms with Crippen LogP contribution in [0.15, 0.2) is 12.1 Å². The molecule has 1 aromatic carbocycles. The fourth-order valence-corrected chi connectivity index (χ4v) is 2.37. The molecular weight excluding hydrogens is 200 g/mol. The van der Waals surface area contributed by atoms with E-state index in [0.29, 0.717) is 12.4 Å². The Morgan fingerprint density at radius 2 is 2.06 bits per heavy atom. The van der Waals surface area contributed by atoms with Gasteiger partial charge in [-0.1, -0.05) is 13.0 Å². The van der Waals surface area contributed by atoms with Gasteiger partial charge in [-0.25, -0.2) is 0 Å². The van der Waals surface area contributed by atoms with Crippen LogP contribution >= 0.6 is 0 Å². The molecule has 16 heavy (non-hydrogen) atoms. The molecule has 0 aliphatic heterocycles. The second-order valence-electron chi connectivity index (χ2n) is 4.46. The summed E-state index contributed by atoms with van der Waals surface area (Å²) in [6, 6.07) is 3.88. The predicted octanol–water partition coefficient (Wildman–Crippen LogP) is 3.20. The standard InChI is InChI=1S/C14H20O2/c1-2-9-16-10-13-12-6-4-3-5-11(12)7-8-14(13)15/h7-8,15H,2-6,9-10H2,1H3. The maximum absolute atomic E-state index is 9.89. The maximum atomic E-state index is 9.89. The summed E-state index contributed by atoms with van der Waals surface area (Å²) in [5.41, 5.74) is 3.76. The molecule has 1 aliphatic rings. The molecule has 0 amide bonds. The van der Waals surface area contributed by atoms with Crippen molar-refractivity contribution >= 4 is 0 Å². The lowest BCUT2D eigenvalue weighted by Crippen LogP contribution is -2.08. The fraction of sp³-hybridized carbons (Fsp3) is 0.571. The van der Waals surface area contributed by atoms with Gasteiger partial charge in [0.1, 0.15) is 5.75 Å². The van der Waals surface area contributed by atoms with Gasteiger partial charge in [0.15, 0.2) is 0 Å². The highest BCUT2D eigenvalue weighted by molar-refractivity contribution is 5.45. The first-order valence-corrected chi connectivity index (χ1v) is 6.23. The van der Waals surface area contributed by atoms with Gasteiger partial charge in [-0.3, -0.25) is 0 Å². The molecule has 0 aromatic heterocycles. The predicted molar refractivity (Wildman–Crippen MR) is 64.7 cm³/mol. The molecule has 0 fully saturated rings. The van der Waals surface area contributed by atoms with Crippen molar-refractivity contribution in [2.75, 3.05) is 6.61 Å². The van der Waals surface area contributed by atoms with Crippen molar-refractivity contribution in [3.63, 3.8) is 0 Å². The van der Waals surface area contributed by atoms with Gasteiger partial charge in [0.2, 0.25) is 0 Å². The molecule has 1 N–H and O–H groups in total. The van der Waals surface area contributed by atoms with Gasteiger partial charge in [-0.05, 0) is 49.3 Å². The number of benzene rings is 1. The monoisotopic (exact) mass is 220 g/mol. The molecular formula is C14H20O2. The van der Waals surface area contributed by atoms with Crippen molar-refractivity contribution in [1.82, 2.24) is 0 Å². The molecule has 0 heterocycles. The number of aryl methyl sites for hydroxylation is 1. The number of aromatic hydroxyl groups is 1. The highest BCUT2D eigenvalue weighted by atomic mass is 16.5. The van der Waals surface area contributed by atoms with E-state index in [1.807, 2.05) is 6.07 Å². The highest BCUT2D eigenvalue weighted by Crippen LogP contribution is 2.30. The van der Waals surface area contributed by atoms with E-state index in [9.17, 15) is 5.11 Å². The molecule has 2 nitrogen and oxygen atoms in total. The molecule has 1 aliphatic carbocycles. The zero-order valence-corrected chi connectivity index (χ0v) is 9.96. The zero-order valence-electron chi connectivity index (χ0n) is 9.96. The van der Waals surface area contributed by atoms with E-state index < -0.39 is 0 Å². The van der Waals surface area contributed by atoms with E-state index in [2.05, 4.69) is 13.0 Å². The van der Waals surface area contributed by atoms with Crippen molar-refractivity contribution in [3.8, 4) is 5.75 Å². The molecule has 88 valence electrons. The van der Waals surface area contributed by atoms with E-state index in [4.69, 9.17) is 4.74 Å². The largest absolute Gasteiger partial charge is 0.508 e. The number of fused-ring (bicyclic) bond motifs is 1. The first kappa shape index (κ1) is 11.5. The van der Waals surface area contributed by atoms with Crippen LogP contribution in [-0.4, -0.2) is 11.7 Å². The average Bonchev–Trinajstić information content (AvgIpc) is 2.32. The second-order valence-corrected chi connectivity index (χ2v) is 4.46. The van der Waals surface area contributed by atoms with Crippen LogP contribution in [-0.2, 0) is 24.2 Å². The van der Waals surface area contributed by atoms with Gasteiger partial charge in [0.25, 0.3) is 0 Å². The minimum atomic E-state index is 0.400. The first-order chi connectivity index (χ1) is 7.83. The molecule has 0 bridgehead atoms. The van der Waals surface area contributed by atoms with Crippen molar-refractivity contribution in [2.45, 2.75) is 45.6 Å². The van der Waals surface area contributed by atoms with Crippen LogP contribution in [0.5, 0.6) is 5.75 Å². The number of rotatable bonds is 4. The van der Waals surface area contributed by atoms with Gasteiger partial charge in [0.05, 0.1) is 6.61 Å². The molecule has 1 aromatic rings.